The molecule has 1 heterocycles. The Morgan fingerprint density at radius 3 is 2.56 bits per heavy atom. The van der Waals surface area contributed by atoms with E-state index in [0.717, 1.165) is 5.92 Å². The van der Waals surface area contributed by atoms with Crippen molar-refractivity contribution in [2.24, 2.45) is 17.1 Å². The average molecular weight is 246 g/mol. The Labute approximate surface area is 111 Å². The van der Waals surface area contributed by atoms with Crippen LogP contribution >= 0.6 is 0 Å². The van der Waals surface area contributed by atoms with Crippen LogP contribution in [0.15, 0.2) is 18.2 Å². The lowest BCUT2D eigenvalue weighted by Gasteiger charge is -2.28. The fraction of sp³-hybridized carbons (Fsp3) is 0.625. The second kappa shape index (κ2) is 4.93. The molecule has 1 aliphatic heterocycles. The van der Waals surface area contributed by atoms with Gasteiger partial charge in [-0.05, 0) is 41.9 Å². The maximum Gasteiger partial charge on any atom is 0.0396 e. The van der Waals surface area contributed by atoms with E-state index in [1.165, 1.54) is 36.3 Å². The van der Waals surface area contributed by atoms with Crippen molar-refractivity contribution < 1.29 is 0 Å². The van der Waals surface area contributed by atoms with Gasteiger partial charge in [-0.2, -0.15) is 0 Å². The highest BCUT2D eigenvalue weighted by Gasteiger charge is 2.32. The molecule has 0 aromatic heterocycles. The van der Waals surface area contributed by atoms with Gasteiger partial charge in [0.05, 0.1) is 0 Å². The monoisotopic (exact) mass is 246 g/mol. The Morgan fingerprint density at radius 1 is 1.33 bits per heavy atom. The Kier molecular flexibility index (Phi) is 3.67. The third-order valence-corrected chi connectivity index (χ3v) is 4.25. The molecule has 100 valence electrons. The topological polar surface area (TPSA) is 29.3 Å². The van der Waals surface area contributed by atoms with Crippen molar-refractivity contribution in [2.75, 3.05) is 18.0 Å². The van der Waals surface area contributed by atoms with E-state index in [1.54, 1.807) is 0 Å². The Balaban J connectivity index is 2.14. The quantitative estimate of drug-likeness (QED) is 0.867. The number of aryl methyl sites for hydroxylation is 1. The van der Waals surface area contributed by atoms with Crippen LogP contribution in [0.1, 0.15) is 38.3 Å². The first-order valence-electron chi connectivity index (χ1n) is 6.96. The lowest BCUT2D eigenvalue weighted by Crippen LogP contribution is -2.26. The third-order valence-electron chi connectivity index (χ3n) is 4.25. The molecule has 0 aliphatic carbocycles. The summed E-state index contributed by atoms with van der Waals surface area (Å²) in [5, 5.41) is 0. The fourth-order valence-electron chi connectivity index (χ4n) is 2.89. The molecule has 1 saturated heterocycles. The van der Waals surface area contributed by atoms with E-state index in [9.17, 15) is 0 Å². The van der Waals surface area contributed by atoms with Crippen LogP contribution in [0.4, 0.5) is 5.69 Å². The van der Waals surface area contributed by atoms with Crippen molar-refractivity contribution in [1.82, 2.24) is 0 Å². The minimum absolute atomic E-state index is 0.417. The van der Waals surface area contributed by atoms with Crippen molar-refractivity contribution in [3.63, 3.8) is 0 Å². The number of anilines is 1. The minimum Gasteiger partial charge on any atom is -0.371 e. The molecule has 2 N–H and O–H groups in total. The number of benzene rings is 1. The first-order chi connectivity index (χ1) is 8.41. The Morgan fingerprint density at radius 2 is 2.06 bits per heavy atom. The van der Waals surface area contributed by atoms with Crippen LogP contribution in [0.2, 0.25) is 0 Å². The molecule has 0 saturated carbocycles. The second-order valence-corrected chi connectivity index (χ2v) is 6.62. The number of hydrogen-bond acceptors (Lipinski definition) is 2. The van der Waals surface area contributed by atoms with E-state index in [0.29, 0.717) is 12.0 Å². The van der Waals surface area contributed by atoms with E-state index < -0.39 is 0 Å². The van der Waals surface area contributed by atoms with Gasteiger partial charge in [0.25, 0.3) is 0 Å². The number of nitrogens with zero attached hydrogens (tertiary/aromatic N) is 1. The molecule has 2 rings (SSSR count). The second-order valence-electron chi connectivity index (χ2n) is 6.62. The van der Waals surface area contributed by atoms with E-state index >= 15 is 0 Å². The predicted molar refractivity (Wildman–Crippen MR) is 78.8 cm³/mol. The van der Waals surface area contributed by atoms with Crippen LogP contribution in [-0.4, -0.2) is 13.1 Å². The van der Waals surface area contributed by atoms with Crippen molar-refractivity contribution in [2.45, 2.75) is 40.7 Å². The van der Waals surface area contributed by atoms with Crippen molar-refractivity contribution in [3.05, 3.63) is 29.3 Å². The minimum atomic E-state index is 0.417. The molecular formula is C16H26N2. The number of nitrogens with two attached hydrogens (primary N) is 1. The van der Waals surface area contributed by atoms with Gasteiger partial charge in [0, 0.05) is 25.3 Å². The summed E-state index contributed by atoms with van der Waals surface area (Å²) in [5.41, 5.74) is 10.1. The van der Waals surface area contributed by atoms with Gasteiger partial charge < -0.3 is 10.6 Å². The molecule has 2 heteroatoms. The summed E-state index contributed by atoms with van der Waals surface area (Å²) in [4.78, 5) is 2.53. The Bertz CT molecular complexity index is 418. The maximum absolute atomic E-state index is 5.69. The van der Waals surface area contributed by atoms with Crippen LogP contribution < -0.4 is 10.6 Å². The van der Waals surface area contributed by atoms with Crippen LogP contribution in [-0.2, 0) is 6.54 Å². The largest absolute Gasteiger partial charge is 0.371 e. The van der Waals surface area contributed by atoms with Gasteiger partial charge in [0.1, 0.15) is 0 Å². The van der Waals surface area contributed by atoms with Crippen molar-refractivity contribution in [1.29, 1.82) is 0 Å². The molecule has 2 nitrogen and oxygen atoms in total. The molecule has 18 heavy (non-hydrogen) atoms. The fourth-order valence-corrected chi connectivity index (χ4v) is 2.89. The molecule has 1 unspecified atom stereocenters. The molecular weight excluding hydrogens is 220 g/mol. The van der Waals surface area contributed by atoms with E-state index in [1.807, 2.05) is 0 Å². The first kappa shape index (κ1) is 13.4. The lowest BCUT2D eigenvalue weighted by atomic mass is 9.80. The van der Waals surface area contributed by atoms with Gasteiger partial charge >= 0.3 is 0 Å². The van der Waals surface area contributed by atoms with Crippen LogP contribution in [0.25, 0.3) is 0 Å². The predicted octanol–water partition coefficient (Wildman–Crippen LogP) is 3.33. The van der Waals surface area contributed by atoms with Gasteiger partial charge in [0.2, 0.25) is 0 Å². The standard InChI is InChI=1S/C16H26N2/c1-12-9-13(10-17)5-6-15(12)18-8-7-14(11-18)16(2,3)4/h5-6,9,14H,7-8,10-11,17H2,1-4H3. The first-order valence-corrected chi connectivity index (χ1v) is 6.96. The van der Waals surface area contributed by atoms with Gasteiger partial charge in [-0.1, -0.05) is 32.9 Å². The smallest absolute Gasteiger partial charge is 0.0396 e. The summed E-state index contributed by atoms with van der Waals surface area (Å²) in [6.45, 7) is 12.3. The SMILES string of the molecule is Cc1cc(CN)ccc1N1CCC(C(C)(C)C)C1. The maximum atomic E-state index is 5.69. The normalized spacial score (nSPS) is 20.5. The molecule has 0 bridgehead atoms. The number of hydrogen-bond donors (Lipinski definition) is 1. The molecule has 1 aromatic carbocycles. The van der Waals surface area contributed by atoms with E-state index in [4.69, 9.17) is 5.73 Å². The zero-order chi connectivity index (χ0) is 13.3. The summed E-state index contributed by atoms with van der Waals surface area (Å²) in [7, 11) is 0. The van der Waals surface area contributed by atoms with Crippen LogP contribution in [0, 0.1) is 18.3 Å². The van der Waals surface area contributed by atoms with Crippen LogP contribution in [0.5, 0.6) is 0 Å². The summed E-state index contributed by atoms with van der Waals surface area (Å²) in [6, 6.07) is 6.62. The highest BCUT2D eigenvalue weighted by Crippen LogP contribution is 2.36. The molecule has 1 aromatic rings. The van der Waals surface area contributed by atoms with Crippen molar-refractivity contribution >= 4 is 5.69 Å². The van der Waals surface area contributed by atoms with Gasteiger partial charge in [-0.15, -0.1) is 0 Å². The zero-order valence-electron chi connectivity index (χ0n) is 12.2. The van der Waals surface area contributed by atoms with Crippen molar-refractivity contribution in [3.8, 4) is 0 Å². The van der Waals surface area contributed by atoms with Gasteiger partial charge in [-0.25, -0.2) is 0 Å². The highest BCUT2D eigenvalue weighted by atomic mass is 15.2. The summed E-state index contributed by atoms with van der Waals surface area (Å²) in [5.74, 6) is 0.797. The van der Waals surface area contributed by atoms with Crippen LogP contribution in [0.3, 0.4) is 0 Å². The van der Waals surface area contributed by atoms with E-state index in [-0.39, 0.29) is 0 Å². The average Bonchev–Trinajstić information content (AvgIpc) is 2.77. The molecule has 1 atom stereocenters. The summed E-state index contributed by atoms with van der Waals surface area (Å²) >= 11 is 0. The molecule has 0 amide bonds. The zero-order valence-corrected chi connectivity index (χ0v) is 12.2. The van der Waals surface area contributed by atoms with Gasteiger partial charge in [-0.3, -0.25) is 0 Å². The highest BCUT2D eigenvalue weighted by molar-refractivity contribution is 5.55. The summed E-state index contributed by atoms with van der Waals surface area (Å²) < 4.78 is 0. The Hall–Kier alpha value is -1.02. The number of rotatable bonds is 2. The third kappa shape index (κ3) is 2.69. The lowest BCUT2D eigenvalue weighted by molar-refractivity contribution is 0.263. The molecule has 1 fully saturated rings. The molecule has 0 spiro atoms. The molecule has 0 radical (unpaired) electrons. The van der Waals surface area contributed by atoms with Gasteiger partial charge in [0.15, 0.2) is 0 Å². The van der Waals surface area contributed by atoms with E-state index in [2.05, 4.69) is 50.8 Å². The molecule has 1 aliphatic rings. The summed E-state index contributed by atoms with van der Waals surface area (Å²) in [6.07, 6.45) is 1.31.